The monoisotopic (exact) mass is 213 g/mol. The van der Waals surface area contributed by atoms with Gasteiger partial charge in [-0.3, -0.25) is 9.97 Å². The average molecular weight is 213 g/mol. The van der Waals surface area contributed by atoms with Crippen LogP contribution >= 0.6 is 0 Å². The second-order valence-corrected chi connectivity index (χ2v) is 3.79. The zero-order valence-electron chi connectivity index (χ0n) is 9.57. The zero-order valence-corrected chi connectivity index (χ0v) is 9.57. The van der Waals surface area contributed by atoms with Crippen LogP contribution in [-0.4, -0.2) is 9.97 Å². The minimum absolute atomic E-state index is 0.784. The highest BCUT2D eigenvalue weighted by Gasteiger charge is 2.00. The minimum Gasteiger partial charge on any atom is -0.379 e. The maximum Gasteiger partial charge on any atom is 0.0603 e. The summed E-state index contributed by atoms with van der Waals surface area (Å²) in [6.45, 7) is 4.87. The Morgan fingerprint density at radius 3 is 2.81 bits per heavy atom. The lowest BCUT2D eigenvalue weighted by Crippen LogP contribution is -2.03. The van der Waals surface area contributed by atoms with E-state index in [0.29, 0.717) is 0 Å². The van der Waals surface area contributed by atoms with E-state index >= 15 is 0 Å². The molecule has 0 aliphatic heterocycles. The van der Waals surface area contributed by atoms with Gasteiger partial charge in [0.2, 0.25) is 0 Å². The first-order valence-electron chi connectivity index (χ1n) is 5.32. The van der Waals surface area contributed by atoms with Gasteiger partial charge in [0.15, 0.2) is 0 Å². The van der Waals surface area contributed by atoms with Crippen LogP contribution in [0.4, 0.5) is 5.69 Å². The molecule has 1 N–H and O–H groups in total. The standard InChI is InChI=1S/C13H15N3/c1-10-5-7-14-8-12(10)9-16-13-4-3-6-15-11(13)2/h3-8,16H,9H2,1-2H3. The molecule has 0 saturated carbocycles. The molecule has 0 aliphatic rings. The molecule has 0 saturated heterocycles. The molecular weight excluding hydrogens is 198 g/mol. The molecule has 0 unspecified atom stereocenters. The Balaban J connectivity index is 2.09. The van der Waals surface area contributed by atoms with E-state index in [4.69, 9.17) is 0 Å². The van der Waals surface area contributed by atoms with E-state index in [1.54, 1.807) is 6.20 Å². The number of nitrogens with one attached hydrogen (secondary N) is 1. The summed E-state index contributed by atoms with van der Waals surface area (Å²) in [4.78, 5) is 8.36. The summed E-state index contributed by atoms with van der Waals surface area (Å²) in [5, 5.41) is 3.37. The molecule has 16 heavy (non-hydrogen) atoms. The number of pyridine rings is 2. The van der Waals surface area contributed by atoms with Gasteiger partial charge in [-0.2, -0.15) is 0 Å². The van der Waals surface area contributed by atoms with Gasteiger partial charge in [-0.1, -0.05) is 0 Å². The van der Waals surface area contributed by atoms with Gasteiger partial charge in [-0.15, -0.1) is 0 Å². The number of hydrogen-bond donors (Lipinski definition) is 1. The number of nitrogens with zero attached hydrogens (tertiary/aromatic N) is 2. The average Bonchev–Trinajstić information content (AvgIpc) is 2.30. The van der Waals surface area contributed by atoms with Crippen molar-refractivity contribution >= 4 is 5.69 Å². The lowest BCUT2D eigenvalue weighted by molar-refractivity contribution is 1.06. The van der Waals surface area contributed by atoms with Gasteiger partial charge in [-0.05, 0) is 43.2 Å². The lowest BCUT2D eigenvalue weighted by atomic mass is 10.1. The van der Waals surface area contributed by atoms with E-state index in [0.717, 1.165) is 17.9 Å². The van der Waals surface area contributed by atoms with Gasteiger partial charge < -0.3 is 5.32 Å². The molecule has 0 amide bonds. The Kier molecular flexibility index (Phi) is 3.15. The van der Waals surface area contributed by atoms with Gasteiger partial charge in [0.25, 0.3) is 0 Å². The SMILES string of the molecule is Cc1ccncc1CNc1cccnc1C. The minimum atomic E-state index is 0.784. The molecule has 3 heteroatoms. The van der Waals surface area contributed by atoms with Crippen molar-refractivity contribution in [3.63, 3.8) is 0 Å². The maximum absolute atomic E-state index is 4.24. The number of aromatic nitrogens is 2. The van der Waals surface area contributed by atoms with Gasteiger partial charge in [0.1, 0.15) is 0 Å². The van der Waals surface area contributed by atoms with Crippen molar-refractivity contribution in [1.29, 1.82) is 0 Å². The molecule has 2 rings (SSSR count). The van der Waals surface area contributed by atoms with Gasteiger partial charge in [-0.25, -0.2) is 0 Å². The van der Waals surface area contributed by atoms with Crippen LogP contribution in [0, 0.1) is 13.8 Å². The summed E-state index contributed by atoms with van der Waals surface area (Å²) in [7, 11) is 0. The fraction of sp³-hybridized carbons (Fsp3) is 0.231. The fourth-order valence-electron chi connectivity index (χ4n) is 1.54. The third-order valence-corrected chi connectivity index (χ3v) is 2.62. The molecule has 0 fully saturated rings. The number of rotatable bonds is 3. The van der Waals surface area contributed by atoms with Crippen LogP contribution < -0.4 is 5.32 Å². The van der Waals surface area contributed by atoms with Crippen LogP contribution in [0.5, 0.6) is 0 Å². The third kappa shape index (κ3) is 2.37. The molecule has 0 spiro atoms. The Hall–Kier alpha value is -1.90. The first kappa shape index (κ1) is 10.6. The van der Waals surface area contributed by atoms with E-state index < -0.39 is 0 Å². The molecule has 0 aromatic carbocycles. The first-order chi connectivity index (χ1) is 7.77. The molecule has 2 aromatic heterocycles. The number of anilines is 1. The van der Waals surface area contributed by atoms with Crippen LogP contribution in [0.2, 0.25) is 0 Å². The largest absolute Gasteiger partial charge is 0.379 e. The van der Waals surface area contributed by atoms with Crippen molar-refractivity contribution in [2.24, 2.45) is 0 Å². The normalized spacial score (nSPS) is 10.1. The van der Waals surface area contributed by atoms with Crippen molar-refractivity contribution in [2.75, 3.05) is 5.32 Å². The summed E-state index contributed by atoms with van der Waals surface area (Å²) in [6.07, 6.45) is 5.51. The van der Waals surface area contributed by atoms with Crippen molar-refractivity contribution in [1.82, 2.24) is 9.97 Å². The maximum atomic E-state index is 4.24. The second kappa shape index (κ2) is 4.75. The Labute approximate surface area is 95.6 Å². The van der Waals surface area contributed by atoms with E-state index in [1.807, 2.05) is 37.5 Å². The van der Waals surface area contributed by atoms with Crippen LogP contribution in [-0.2, 0) is 6.54 Å². The second-order valence-electron chi connectivity index (χ2n) is 3.79. The summed E-state index contributed by atoms with van der Waals surface area (Å²) < 4.78 is 0. The molecular formula is C13H15N3. The predicted molar refractivity (Wildman–Crippen MR) is 65.3 cm³/mol. The number of hydrogen-bond acceptors (Lipinski definition) is 3. The Morgan fingerprint density at radius 2 is 2.06 bits per heavy atom. The van der Waals surface area contributed by atoms with Gasteiger partial charge in [0.05, 0.1) is 11.4 Å². The molecule has 3 nitrogen and oxygen atoms in total. The highest BCUT2D eigenvalue weighted by atomic mass is 14.9. The van der Waals surface area contributed by atoms with E-state index in [1.165, 1.54) is 11.1 Å². The molecule has 0 aliphatic carbocycles. The molecule has 82 valence electrons. The molecule has 0 radical (unpaired) electrons. The van der Waals surface area contributed by atoms with Crippen LogP contribution in [0.1, 0.15) is 16.8 Å². The molecule has 0 atom stereocenters. The van der Waals surface area contributed by atoms with Gasteiger partial charge >= 0.3 is 0 Å². The number of aryl methyl sites for hydroxylation is 2. The smallest absolute Gasteiger partial charge is 0.0603 e. The molecule has 2 aromatic rings. The van der Waals surface area contributed by atoms with E-state index in [9.17, 15) is 0 Å². The first-order valence-corrected chi connectivity index (χ1v) is 5.32. The summed E-state index contributed by atoms with van der Waals surface area (Å²) in [5.41, 5.74) is 4.56. The van der Waals surface area contributed by atoms with Crippen molar-refractivity contribution in [2.45, 2.75) is 20.4 Å². The molecule has 2 heterocycles. The Morgan fingerprint density at radius 1 is 1.19 bits per heavy atom. The summed E-state index contributed by atoms with van der Waals surface area (Å²) >= 11 is 0. The predicted octanol–water partition coefficient (Wildman–Crippen LogP) is 2.71. The zero-order chi connectivity index (χ0) is 11.4. The lowest BCUT2D eigenvalue weighted by Gasteiger charge is -2.09. The van der Waals surface area contributed by atoms with Crippen LogP contribution in [0.3, 0.4) is 0 Å². The third-order valence-electron chi connectivity index (χ3n) is 2.62. The molecule has 0 bridgehead atoms. The van der Waals surface area contributed by atoms with Crippen LogP contribution in [0.25, 0.3) is 0 Å². The van der Waals surface area contributed by atoms with Crippen LogP contribution in [0.15, 0.2) is 36.8 Å². The Bertz CT molecular complexity index is 435. The van der Waals surface area contributed by atoms with E-state index in [-0.39, 0.29) is 0 Å². The van der Waals surface area contributed by atoms with E-state index in [2.05, 4.69) is 22.2 Å². The summed E-state index contributed by atoms with van der Waals surface area (Å²) in [6, 6.07) is 5.99. The highest BCUT2D eigenvalue weighted by Crippen LogP contribution is 2.13. The van der Waals surface area contributed by atoms with Crippen molar-refractivity contribution < 1.29 is 0 Å². The van der Waals surface area contributed by atoms with Crippen molar-refractivity contribution in [3.8, 4) is 0 Å². The highest BCUT2D eigenvalue weighted by molar-refractivity contribution is 5.47. The quantitative estimate of drug-likeness (QED) is 0.851. The van der Waals surface area contributed by atoms with Gasteiger partial charge in [0, 0.05) is 25.1 Å². The summed E-state index contributed by atoms with van der Waals surface area (Å²) in [5.74, 6) is 0. The van der Waals surface area contributed by atoms with Crippen molar-refractivity contribution in [3.05, 3.63) is 53.6 Å². The fourth-order valence-corrected chi connectivity index (χ4v) is 1.54. The topological polar surface area (TPSA) is 37.8 Å².